The maximum Gasteiger partial charge on any atom is 0.334 e. The number of amides is 1. The highest BCUT2D eigenvalue weighted by molar-refractivity contribution is 5.80. The summed E-state index contributed by atoms with van der Waals surface area (Å²) in [6.45, 7) is 0.00716. The first-order valence-corrected chi connectivity index (χ1v) is 5.83. The van der Waals surface area contributed by atoms with Gasteiger partial charge in [-0.15, -0.1) is 0 Å². The number of carboxylic acid groups (broad SMARTS) is 1. The van der Waals surface area contributed by atoms with Crippen LogP contribution in [0.3, 0.4) is 0 Å². The maximum absolute atomic E-state index is 11.7. The first-order chi connectivity index (χ1) is 8.04. The molecule has 1 rings (SSSR count). The van der Waals surface area contributed by atoms with E-state index in [4.69, 9.17) is 15.6 Å². The summed E-state index contributed by atoms with van der Waals surface area (Å²) in [6.07, 6.45) is 2.27. The minimum absolute atomic E-state index is 0.00716. The van der Waals surface area contributed by atoms with Crippen molar-refractivity contribution in [3.63, 3.8) is 0 Å². The van der Waals surface area contributed by atoms with Crippen LogP contribution in [-0.2, 0) is 14.3 Å². The molecule has 0 radical (unpaired) electrons. The largest absolute Gasteiger partial charge is 0.479 e. The summed E-state index contributed by atoms with van der Waals surface area (Å²) in [5.74, 6) is -1.21. The van der Waals surface area contributed by atoms with Crippen molar-refractivity contribution in [2.75, 3.05) is 13.7 Å². The monoisotopic (exact) mass is 244 g/mol. The number of ether oxygens (including phenoxy) is 1. The molecule has 0 bridgehead atoms. The Bertz CT molecular complexity index is 275. The molecule has 0 aromatic rings. The molecule has 1 atom stereocenters. The Balaban J connectivity index is 2.31. The molecule has 1 aliphatic rings. The summed E-state index contributed by atoms with van der Waals surface area (Å²) in [5, 5.41) is 11.4. The lowest BCUT2D eigenvalue weighted by Gasteiger charge is -2.25. The van der Waals surface area contributed by atoms with Crippen LogP contribution in [0.2, 0.25) is 0 Å². The topological polar surface area (TPSA) is 102 Å². The van der Waals surface area contributed by atoms with Crippen LogP contribution < -0.4 is 11.1 Å². The van der Waals surface area contributed by atoms with Crippen LogP contribution in [0.5, 0.6) is 0 Å². The standard InChI is InChI=1S/C11H20N2O4/c1-17-9(11(15)16)6-13-10(14)7-2-4-8(12)5-3-7/h7-9H,2-6,12H2,1H3,(H,13,14)(H,15,16). The molecule has 1 unspecified atom stereocenters. The molecule has 6 heteroatoms. The van der Waals surface area contributed by atoms with Crippen molar-refractivity contribution in [3.8, 4) is 0 Å². The predicted octanol–water partition coefficient (Wildman–Crippen LogP) is -0.280. The highest BCUT2D eigenvalue weighted by Gasteiger charge is 2.25. The van der Waals surface area contributed by atoms with E-state index in [0.717, 1.165) is 25.7 Å². The average Bonchev–Trinajstić information content (AvgIpc) is 2.30. The minimum Gasteiger partial charge on any atom is -0.479 e. The molecule has 1 saturated carbocycles. The molecule has 98 valence electrons. The second-order valence-corrected chi connectivity index (χ2v) is 4.42. The van der Waals surface area contributed by atoms with Crippen molar-refractivity contribution < 1.29 is 19.4 Å². The van der Waals surface area contributed by atoms with E-state index in [1.54, 1.807) is 0 Å². The summed E-state index contributed by atoms with van der Waals surface area (Å²) < 4.78 is 4.73. The lowest BCUT2D eigenvalue weighted by atomic mass is 9.86. The summed E-state index contributed by atoms with van der Waals surface area (Å²) in [5.41, 5.74) is 5.75. The van der Waals surface area contributed by atoms with Crippen molar-refractivity contribution >= 4 is 11.9 Å². The van der Waals surface area contributed by atoms with Gasteiger partial charge in [0.25, 0.3) is 0 Å². The molecule has 0 aromatic carbocycles. The Hall–Kier alpha value is -1.14. The molecule has 0 heterocycles. The molecule has 1 aliphatic carbocycles. The number of aliphatic carboxylic acids is 1. The van der Waals surface area contributed by atoms with Crippen LogP contribution in [0.4, 0.5) is 0 Å². The third-order valence-electron chi connectivity index (χ3n) is 3.16. The average molecular weight is 244 g/mol. The van der Waals surface area contributed by atoms with E-state index in [2.05, 4.69) is 5.32 Å². The van der Waals surface area contributed by atoms with Gasteiger partial charge in [0.15, 0.2) is 6.10 Å². The molecular weight excluding hydrogens is 224 g/mol. The molecule has 17 heavy (non-hydrogen) atoms. The first-order valence-electron chi connectivity index (χ1n) is 5.83. The highest BCUT2D eigenvalue weighted by atomic mass is 16.5. The van der Waals surface area contributed by atoms with Crippen LogP contribution in [0.25, 0.3) is 0 Å². The zero-order valence-corrected chi connectivity index (χ0v) is 10.0. The fourth-order valence-electron chi connectivity index (χ4n) is 1.99. The van der Waals surface area contributed by atoms with Crippen LogP contribution in [0.15, 0.2) is 0 Å². The van der Waals surface area contributed by atoms with E-state index in [-0.39, 0.29) is 24.4 Å². The van der Waals surface area contributed by atoms with E-state index >= 15 is 0 Å². The van der Waals surface area contributed by atoms with Crippen molar-refractivity contribution in [1.29, 1.82) is 0 Å². The summed E-state index contributed by atoms with van der Waals surface area (Å²) in [7, 11) is 1.31. The maximum atomic E-state index is 11.7. The molecule has 0 spiro atoms. The normalized spacial score (nSPS) is 26.2. The van der Waals surface area contributed by atoms with Crippen molar-refractivity contribution in [3.05, 3.63) is 0 Å². The first kappa shape index (κ1) is 13.9. The van der Waals surface area contributed by atoms with Crippen molar-refractivity contribution in [1.82, 2.24) is 5.32 Å². The number of carboxylic acids is 1. The van der Waals surface area contributed by atoms with Gasteiger partial charge in [-0.2, -0.15) is 0 Å². The second kappa shape index (κ2) is 6.56. The number of nitrogens with two attached hydrogens (primary N) is 1. The van der Waals surface area contributed by atoms with Gasteiger partial charge in [-0.3, -0.25) is 4.79 Å². The van der Waals surface area contributed by atoms with Gasteiger partial charge in [0, 0.05) is 19.1 Å². The number of hydrogen-bond acceptors (Lipinski definition) is 4. The predicted molar refractivity (Wildman–Crippen MR) is 61.4 cm³/mol. The lowest BCUT2D eigenvalue weighted by molar-refractivity contribution is -0.148. The summed E-state index contributed by atoms with van der Waals surface area (Å²) in [4.78, 5) is 22.4. The SMILES string of the molecule is COC(CNC(=O)C1CCC(N)CC1)C(=O)O. The number of carbonyl (C=O) groups excluding carboxylic acids is 1. The summed E-state index contributed by atoms with van der Waals surface area (Å²) in [6, 6.07) is 0.199. The van der Waals surface area contributed by atoms with Crippen LogP contribution in [0, 0.1) is 5.92 Å². The van der Waals surface area contributed by atoms with Gasteiger partial charge in [0.05, 0.1) is 6.54 Å². The van der Waals surface area contributed by atoms with E-state index in [1.807, 2.05) is 0 Å². The number of nitrogens with one attached hydrogen (secondary N) is 1. The smallest absolute Gasteiger partial charge is 0.334 e. The Morgan fingerprint density at radius 2 is 2.00 bits per heavy atom. The van der Waals surface area contributed by atoms with Gasteiger partial charge in [0.2, 0.25) is 5.91 Å². The molecule has 0 saturated heterocycles. The van der Waals surface area contributed by atoms with Crippen molar-refractivity contribution in [2.45, 2.75) is 37.8 Å². The molecule has 1 amide bonds. The van der Waals surface area contributed by atoms with Gasteiger partial charge >= 0.3 is 5.97 Å². The minimum atomic E-state index is -1.07. The second-order valence-electron chi connectivity index (χ2n) is 4.42. The molecular formula is C11H20N2O4. The lowest BCUT2D eigenvalue weighted by Crippen LogP contribution is -2.42. The number of carbonyl (C=O) groups is 2. The number of rotatable bonds is 5. The van der Waals surface area contributed by atoms with Crippen molar-refractivity contribution in [2.24, 2.45) is 11.7 Å². The van der Waals surface area contributed by atoms with Gasteiger partial charge < -0.3 is 20.9 Å². The fourth-order valence-corrected chi connectivity index (χ4v) is 1.99. The third kappa shape index (κ3) is 4.32. The molecule has 0 aliphatic heterocycles. The van der Waals surface area contributed by atoms with Crippen LogP contribution >= 0.6 is 0 Å². The Morgan fingerprint density at radius 1 is 1.41 bits per heavy atom. The van der Waals surface area contributed by atoms with Crippen LogP contribution in [0.1, 0.15) is 25.7 Å². The molecule has 0 aromatic heterocycles. The van der Waals surface area contributed by atoms with E-state index < -0.39 is 12.1 Å². The van der Waals surface area contributed by atoms with E-state index in [1.165, 1.54) is 7.11 Å². The molecule has 1 fully saturated rings. The van der Waals surface area contributed by atoms with Gasteiger partial charge in [-0.1, -0.05) is 0 Å². The zero-order chi connectivity index (χ0) is 12.8. The summed E-state index contributed by atoms with van der Waals surface area (Å²) >= 11 is 0. The Morgan fingerprint density at radius 3 is 2.47 bits per heavy atom. The molecule has 4 N–H and O–H groups in total. The highest BCUT2D eigenvalue weighted by Crippen LogP contribution is 2.23. The third-order valence-corrected chi connectivity index (χ3v) is 3.16. The van der Waals surface area contributed by atoms with Crippen LogP contribution in [-0.4, -0.2) is 42.8 Å². The van der Waals surface area contributed by atoms with E-state index in [9.17, 15) is 9.59 Å². The van der Waals surface area contributed by atoms with Gasteiger partial charge in [0.1, 0.15) is 0 Å². The number of hydrogen-bond donors (Lipinski definition) is 3. The van der Waals surface area contributed by atoms with E-state index in [0.29, 0.717) is 0 Å². The fraction of sp³-hybridized carbons (Fsp3) is 0.818. The Labute approximate surface area is 101 Å². The number of methoxy groups -OCH3 is 1. The van der Waals surface area contributed by atoms with Gasteiger partial charge in [-0.25, -0.2) is 4.79 Å². The zero-order valence-electron chi connectivity index (χ0n) is 10.0. The molecule has 6 nitrogen and oxygen atoms in total. The van der Waals surface area contributed by atoms with Gasteiger partial charge in [-0.05, 0) is 25.7 Å². The quantitative estimate of drug-likeness (QED) is 0.617. The Kier molecular flexibility index (Phi) is 5.37.